The number of carbonyl (C=O) groups excluding carboxylic acids is 1. The molecule has 0 radical (unpaired) electrons. The Morgan fingerprint density at radius 2 is 1.77 bits per heavy atom. The first-order valence-corrected chi connectivity index (χ1v) is 11.7. The molecule has 0 bridgehead atoms. The fraction of sp³-hybridized carbons (Fsp3) is 0.182. The molecule has 2 aromatic carbocycles. The SMILES string of the molecule is CSc1ccc(CNC(=O)Cn2nc3c(Sc4ccc(C)cc4)nccn3c2=O)cc1. The van der Waals surface area contributed by atoms with Crippen molar-refractivity contribution in [1.82, 2.24) is 24.5 Å². The van der Waals surface area contributed by atoms with Crippen molar-refractivity contribution in [2.24, 2.45) is 0 Å². The Morgan fingerprint density at radius 1 is 1.06 bits per heavy atom. The molecule has 0 atom stereocenters. The van der Waals surface area contributed by atoms with Crippen molar-refractivity contribution >= 4 is 35.1 Å². The summed E-state index contributed by atoms with van der Waals surface area (Å²) in [7, 11) is 0. The fourth-order valence-corrected chi connectivity index (χ4v) is 4.20. The number of fused-ring (bicyclic) bond motifs is 1. The molecule has 1 amide bonds. The maximum absolute atomic E-state index is 12.7. The molecule has 0 saturated heterocycles. The number of nitrogens with zero attached hydrogens (tertiary/aromatic N) is 4. The van der Waals surface area contributed by atoms with Gasteiger partial charge in [-0.2, -0.15) is 0 Å². The van der Waals surface area contributed by atoms with Crippen LogP contribution in [0.5, 0.6) is 0 Å². The smallest absolute Gasteiger partial charge is 0.350 e. The molecule has 2 aromatic heterocycles. The van der Waals surface area contributed by atoms with E-state index < -0.39 is 0 Å². The number of hydrogen-bond donors (Lipinski definition) is 1. The van der Waals surface area contributed by atoms with Crippen LogP contribution in [0.25, 0.3) is 5.65 Å². The summed E-state index contributed by atoms with van der Waals surface area (Å²) in [6.45, 7) is 2.27. The van der Waals surface area contributed by atoms with E-state index in [0.29, 0.717) is 17.2 Å². The Bertz CT molecular complexity index is 1260. The van der Waals surface area contributed by atoms with Crippen LogP contribution >= 0.6 is 23.5 Å². The zero-order valence-electron chi connectivity index (χ0n) is 17.1. The predicted octanol–water partition coefficient (Wildman–Crippen LogP) is 3.39. The van der Waals surface area contributed by atoms with Crippen LogP contribution in [0, 0.1) is 6.92 Å². The van der Waals surface area contributed by atoms with Gasteiger partial charge in [0.25, 0.3) is 0 Å². The zero-order valence-corrected chi connectivity index (χ0v) is 18.7. The molecule has 7 nitrogen and oxygen atoms in total. The van der Waals surface area contributed by atoms with Crippen molar-refractivity contribution < 1.29 is 4.79 Å². The normalized spacial score (nSPS) is 11.0. The number of thioether (sulfide) groups is 1. The van der Waals surface area contributed by atoms with E-state index in [0.717, 1.165) is 10.5 Å². The fourth-order valence-electron chi connectivity index (χ4n) is 2.95. The summed E-state index contributed by atoms with van der Waals surface area (Å²) >= 11 is 3.09. The molecule has 2 heterocycles. The van der Waals surface area contributed by atoms with Crippen LogP contribution in [0.3, 0.4) is 0 Å². The Kier molecular flexibility index (Phi) is 6.43. The first-order valence-electron chi connectivity index (χ1n) is 9.62. The zero-order chi connectivity index (χ0) is 21.8. The van der Waals surface area contributed by atoms with Crippen LogP contribution in [0.15, 0.2) is 80.5 Å². The highest BCUT2D eigenvalue weighted by atomic mass is 32.2. The Balaban J connectivity index is 1.48. The average molecular weight is 452 g/mol. The van der Waals surface area contributed by atoms with Gasteiger partial charge in [-0.1, -0.05) is 41.6 Å². The minimum Gasteiger partial charge on any atom is -0.350 e. The predicted molar refractivity (Wildman–Crippen MR) is 123 cm³/mol. The lowest BCUT2D eigenvalue weighted by Crippen LogP contribution is -2.32. The van der Waals surface area contributed by atoms with Gasteiger partial charge in [-0.05, 0) is 43.0 Å². The van der Waals surface area contributed by atoms with Crippen molar-refractivity contribution in [3.05, 3.63) is 82.5 Å². The molecule has 0 spiro atoms. The second-order valence-electron chi connectivity index (χ2n) is 6.91. The molecule has 0 aliphatic rings. The summed E-state index contributed by atoms with van der Waals surface area (Å²) in [5.41, 5.74) is 2.22. The van der Waals surface area contributed by atoms with Crippen molar-refractivity contribution in [3.63, 3.8) is 0 Å². The van der Waals surface area contributed by atoms with E-state index >= 15 is 0 Å². The van der Waals surface area contributed by atoms with Crippen LogP contribution in [-0.2, 0) is 17.9 Å². The highest BCUT2D eigenvalue weighted by molar-refractivity contribution is 7.99. The van der Waals surface area contributed by atoms with Crippen LogP contribution in [-0.4, -0.2) is 31.3 Å². The van der Waals surface area contributed by atoms with Gasteiger partial charge in [-0.3, -0.25) is 4.79 Å². The van der Waals surface area contributed by atoms with Crippen molar-refractivity contribution in [1.29, 1.82) is 0 Å². The van der Waals surface area contributed by atoms with Gasteiger partial charge in [-0.25, -0.2) is 18.9 Å². The van der Waals surface area contributed by atoms with Crippen LogP contribution in [0.4, 0.5) is 0 Å². The Labute approximate surface area is 187 Å². The number of benzene rings is 2. The van der Waals surface area contributed by atoms with Crippen molar-refractivity contribution in [2.45, 2.75) is 34.8 Å². The van der Waals surface area contributed by atoms with Gasteiger partial charge in [-0.15, -0.1) is 16.9 Å². The van der Waals surface area contributed by atoms with E-state index in [1.54, 1.807) is 24.2 Å². The lowest BCUT2D eigenvalue weighted by Gasteiger charge is -2.05. The molecule has 9 heteroatoms. The number of amides is 1. The highest BCUT2D eigenvalue weighted by Crippen LogP contribution is 2.28. The second kappa shape index (κ2) is 9.40. The van der Waals surface area contributed by atoms with Gasteiger partial charge >= 0.3 is 5.69 Å². The minimum absolute atomic E-state index is 0.155. The number of rotatable bonds is 7. The van der Waals surface area contributed by atoms with Gasteiger partial charge in [0.05, 0.1) is 0 Å². The molecule has 0 saturated carbocycles. The lowest BCUT2D eigenvalue weighted by atomic mass is 10.2. The van der Waals surface area contributed by atoms with E-state index in [2.05, 4.69) is 15.4 Å². The monoisotopic (exact) mass is 451 g/mol. The minimum atomic E-state index is -0.373. The number of aryl methyl sites for hydroxylation is 1. The quantitative estimate of drug-likeness (QED) is 0.434. The summed E-state index contributed by atoms with van der Waals surface area (Å²) in [6, 6.07) is 16.0. The molecule has 0 aliphatic carbocycles. The third kappa shape index (κ3) is 5.00. The van der Waals surface area contributed by atoms with Crippen LogP contribution < -0.4 is 11.0 Å². The summed E-state index contributed by atoms with van der Waals surface area (Å²) in [5.74, 6) is -0.278. The standard InChI is InChI=1S/C22H21N5O2S2/c1-15-3-7-18(8-4-15)31-21-20-25-27(22(29)26(20)12-11-23-21)14-19(28)24-13-16-5-9-17(30-2)10-6-16/h3-12H,13-14H2,1-2H3,(H,24,28). The topological polar surface area (TPSA) is 81.3 Å². The largest absolute Gasteiger partial charge is 0.350 e. The van der Waals surface area contributed by atoms with Gasteiger partial charge in [0.15, 0.2) is 5.65 Å². The van der Waals surface area contributed by atoms with Gasteiger partial charge < -0.3 is 5.32 Å². The Morgan fingerprint density at radius 3 is 2.48 bits per heavy atom. The second-order valence-corrected chi connectivity index (χ2v) is 8.85. The lowest BCUT2D eigenvalue weighted by molar-refractivity contribution is -0.122. The van der Waals surface area contributed by atoms with Crippen molar-refractivity contribution in [3.8, 4) is 0 Å². The third-order valence-corrected chi connectivity index (χ3v) is 6.38. The van der Waals surface area contributed by atoms with E-state index in [9.17, 15) is 9.59 Å². The summed E-state index contributed by atoms with van der Waals surface area (Å²) in [6.07, 6.45) is 5.14. The number of hydrogen-bond acceptors (Lipinski definition) is 6. The molecule has 0 unspecified atom stereocenters. The van der Waals surface area contributed by atoms with Gasteiger partial charge in [0.2, 0.25) is 5.91 Å². The average Bonchev–Trinajstić information content (AvgIpc) is 3.10. The molecule has 0 aliphatic heterocycles. The maximum Gasteiger partial charge on any atom is 0.350 e. The van der Waals surface area contributed by atoms with E-state index in [1.807, 2.05) is 61.7 Å². The molecule has 0 fully saturated rings. The van der Waals surface area contributed by atoms with E-state index in [1.165, 1.54) is 31.3 Å². The number of carbonyl (C=O) groups is 1. The molecule has 158 valence electrons. The maximum atomic E-state index is 12.7. The third-order valence-electron chi connectivity index (χ3n) is 4.65. The van der Waals surface area contributed by atoms with Gasteiger partial charge in [0.1, 0.15) is 11.6 Å². The van der Waals surface area contributed by atoms with E-state index in [-0.39, 0.29) is 18.1 Å². The molecule has 4 aromatic rings. The van der Waals surface area contributed by atoms with Crippen molar-refractivity contribution in [2.75, 3.05) is 6.26 Å². The molecule has 4 rings (SSSR count). The number of aromatic nitrogens is 4. The molecular formula is C22H21N5O2S2. The van der Waals surface area contributed by atoms with Gasteiger partial charge in [0, 0.05) is 28.7 Å². The molecular weight excluding hydrogens is 430 g/mol. The highest BCUT2D eigenvalue weighted by Gasteiger charge is 2.15. The first-order chi connectivity index (χ1) is 15.0. The molecule has 31 heavy (non-hydrogen) atoms. The summed E-state index contributed by atoms with van der Waals surface area (Å²) in [5, 5.41) is 7.81. The summed E-state index contributed by atoms with van der Waals surface area (Å²) < 4.78 is 2.58. The Hall–Kier alpha value is -3.04. The first kappa shape index (κ1) is 21.2. The number of nitrogens with one attached hydrogen (secondary N) is 1. The van der Waals surface area contributed by atoms with Crippen LogP contribution in [0.1, 0.15) is 11.1 Å². The molecule has 1 N–H and O–H groups in total. The van der Waals surface area contributed by atoms with E-state index in [4.69, 9.17) is 0 Å². The van der Waals surface area contributed by atoms with Crippen LogP contribution in [0.2, 0.25) is 0 Å². The summed E-state index contributed by atoms with van der Waals surface area (Å²) in [4.78, 5) is 31.6.